The number of hydrogen-bond acceptors (Lipinski definition) is 4. The Morgan fingerprint density at radius 2 is 2.00 bits per heavy atom. The smallest absolute Gasteiger partial charge is 0.248 e. The fourth-order valence-electron chi connectivity index (χ4n) is 2.34. The number of ether oxygens (including phenoxy) is 1. The number of phenolic OH excluding ortho intramolecular Hbond substituents is 2. The van der Waals surface area contributed by atoms with E-state index >= 15 is 0 Å². The van der Waals surface area contributed by atoms with Crippen molar-refractivity contribution in [1.82, 2.24) is 0 Å². The first-order chi connectivity index (χ1) is 11.0. The van der Waals surface area contributed by atoms with E-state index in [4.69, 9.17) is 10.5 Å². The van der Waals surface area contributed by atoms with Gasteiger partial charge >= 0.3 is 0 Å². The van der Waals surface area contributed by atoms with E-state index in [-0.39, 0.29) is 16.7 Å². The molecule has 5 nitrogen and oxygen atoms in total. The molecule has 1 aliphatic carbocycles. The third kappa shape index (κ3) is 3.21. The first kappa shape index (κ1) is 15.1. The summed E-state index contributed by atoms with van der Waals surface area (Å²) in [6, 6.07) is 6.31. The molecule has 1 saturated carbocycles. The maximum atomic E-state index is 14.2. The van der Waals surface area contributed by atoms with Gasteiger partial charge in [0.1, 0.15) is 23.1 Å². The van der Waals surface area contributed by atoms with Crippen molar-refractivity contribution in [1.29, 1.82) is 0 Å². The zero-order valence-corrected chi connectivity index (χ0v) is 12.3. The van der Waals surface area contributed by atoms with Crippen LogP contribution in [0, 0.1) is 11.7 Å². The molecule has 4 N–H and O–H groups in total. The van der Waals surface area contributed by atoms with Crippen LogP contribution in [-0.4, -0.2) is 22.7 Å². The minimum Gasteiger partial charge on any atom is -0.508 e. The Labute approximate surface area is 132 Å². The predicted octanol–water partition coefficient (Wildman–Crippen LogP) is 2.79. The van der Waals surface area contributed by atoms with Gasteiger partial charge in [0.05, 0.1) is 12.2 Å². The number of carbonyl (C=O) groups is 1. The summed E-state index contributed by atoms with van der Waals surface area (Å²) in [5, 5.41) is 19.4. The minimum atomic E-state index is -0.819. The lowest BCUT2D eigenvalue weighted by atomic mass is 9.99. The van der Waals surface area contributed by atoms with E-state index in [1.165, 1.54) is 18.2 Å². The number of rotatable bonds is 5. The normalized spacial score (nSPS) is 13.8. The number of amides is 1. The maximum Gasteiger partial charge on any atom is 0.248 e. The van der Waals surface area contributed by atoms with Crippen LogP contribution < -0.4 is 10.5 Å². The number of nitrogens with two attached hydrogens (primary N) is 1. The van der Waals surface area contributed by atoms with Gasteiger partial charge in [-0.25, -0.2) is 4.39 Å². The molecule has 0 atom stereocenters. The Hall–Kier alpha value is -2.76. The first-order valence-electron chi connectivity index (χ1n) is 7.24. The Bertz CT molecular complexity index is 748. The SMILES string of the molecule is NC(=O)c1ccc(OCC2CC2)c(-c2c(O)cc(O)cc2F)c1. The van der Waals surface area contributed by atoms with Crippen molar-refractivity contribution < 1.29 is 24.1 Å². The van der Waals surface area contributed by atoms with E-state index < -0.39 is 23.2 Å². The van der Waals surface area contributed by atoms with Crippen LogP contribution >= 0.6 is 0 Å². The predicted molar refractivity (Wildman–Crippen MR) is 81.9 cm³/mol. The van der Waals surface area contributed by atoms with Crippen LogP contribution in [0.3, 0.4) is 0 Å². The molecule has 2 aromatic carbocycles. The highest BCUT2D eigenvalue weighted by Gasteiger charge is 2.24. The standard InChI is InChI=1S/C17H16FNO4/c18-13-6-11(20)7-14(21)16(13)12-5-10(17(19)22)3-4-15(12)23-8-9-1-2-9/h3-7,9,20-21H,1-2,8H2,(H2,19,22). The molecule has 0 heterocycles. The van der Waals surface area contributed by atoms with Crippen molar-refractivity contribution >= 4 is 5.91 Å². The van der Waals surface area contributed by atoms with Gasteiger partial charge in [-0.1, -0.05) is 0 Å². The van der Waals surface area contributed by atoms with Gasteiger partial charge in [-0.05, 0) is 37.0 Å². The Balaban J connectivity index is 2.10. The van der Waals surface area contributed by atoms with E-state index in [0.29, 0.717) is 18.3 Å². The average molecular weight is 317 g/mol. The molecule has 1 amide bonds. The second-order valence-electron chi connectivity index (χ2n) is 5.65. The van der Waals surface area contributed by atoms with Crippen molar-refractivity contribution in [2.75, 3.05) is 6.61 Å². The Morgan fingerprint density at radius 3 is 2.61 bits per heavy atom. The van der Waals surface area contributed by atoms with Crippen LogP contribution in [0.1, 0.15) is 23.2 Å². The zero-order valence-electron chi connectivity index (χ0n) is 12.3. The number of phenols is 2. The van der Waals surface area contributed by atoms with Crippen molar-refractivity contribution in [2.45, 2.75) is 12.8 Å². The molecule has 0 bridgehead atoms. The number of carbonyl (C=O) groups excluding carboxylic acids is 1. The summed E-state index contributed by atoms with van der Waals surface area (Å²) >= 11 is 0. The van der Waals surface area contributed by atoms with E-state index in [1.54, 1.807) is 0 Å². The highest BCUT2D eigenvalue weighted by molar-refractivity contribution is 5.95. The van der Waals surface area contributed by atoms with Gasteiger partial charge in [0.15, 0.2) is 0 Å². The molecule has 6 heteroatoms. The first-order valence-corrected chi connectivity index (χ1v) is 7.24. The summed E-state index contributed by atoms with van der Waals surface area (Å²) < 4.78 is 19.9. The monoisotopic (exact) mass is 317 g/mol. The second kappa shape index (κ2) is 5.79. The number of benzene rings is 2. The van der Waals surface area contributed by atoms with E-state index in [9.17, 15) is 19.4 Å². The molecule has 0 spiro atoms. The maximum absolute atomic E-state index is 14.2. The number of primary amides is 1. The molecule has 0 radical (unpaired) electrons. The molecule has 2 aromatic rings. The minimum absolute atomic E-state index is 0.142. The van der Waals surface area contributed by atoms with Gasteiger partial charge in [-0.3, -0.25) is 4.79 Å². The van der Waals surface area contributed by atoms with Gasteiger partial charge in [-0.15, -0.1) is 0 Å². The van der Waals surface area contributed by atoms with Gasteiger partial charge in [0.2, 0.25) is 5.91 Å². The van der Waals surface area contributed by atoms with Crippen LogP contribution in [0.2, 0.25) is 0 Å². The molecule has 0 aliphatic heterocycles. The lowest BCUT2D eigenvalue weighted by Gasteiger charge is -2.14. The van der Waals surface area contributed by atoms with Crippen LogP contribution in [0.4, 0.5) is 4.39 Å². The fraction of sp³-hybridized carbons (Fsp3) is 0.235. The topological polar surface area (TPSA) is 92.8 Å². The van der Waals surface area contributed by atoms with Crippen LogP contribution in [-0.2, 0) is 0 Å². The average Bonchev–Trinajstić information content (AvgIpc) is 3.28. The van der Waals surface area contributed by atoms with E-state index in [2.05, 4.69) is 0 Å². The number of hydrogen-bond donors (Lipinski definition) is 3. The van der Waals surface area contributed by atoms with Crippen molar-refractivity contribution in [3.63, 3.8) is 0 Å². The summed E-state index contributed by atoms with van der Waals surface area (Å²) in [7, 11) is 0. The zero-order chi connectivity index (χ0) is 16.6. The van der Waals surface area contributed by atoms with Crippen LogP contribution in [0.25, 0.3) is 11.1 Å². The molecule has 0 unspecified atom stereocenters. The van der Waals surface area contributed by atoms with Crippen molar-refractivity contribution in [2.24, 2.45) is 11.7 Å². The molecule has 3 rings (SSSR count). The lowest BCUT2D eigenvalue weighted by molar-refractivity contribution is 0.1000. The number of halogens is 1. The van der Waals surface area contributed by atoms with Gasteiger partial charge < -0.3 is 20.7 Å². The van der Waals surface area contributed by atoms with Crippen LogP contribution in [0.5, 0.6) is 17.2 Å². The highest BCUT2D eigenvalue weighted by atomic mass is 19.1. The third-order valence-corrected chi connectivity index (χ3v) is 3.76. The van der Waals surface area contributed by atoms with Crippen molar-refractivity contribution in [3.8, 4) is 28.4 Å². The Kier molecular flexibility index (Phi) is 3.82. The summed E-state index contributed by atoms with van der Waals surface area (Å²) in [5.74, 6) is -1.49. The molecule has 23 heavy (non-hydrogen) atoms. The summed E-state index contributed by atoms with van der Waals surface area (Å²) in [4.78, 5) is 11.4. The summed E-state index contributed by atoms with van der Waals surface area (Å²) in [5.41, 5.74) is 5.52. The highest BCUT2D eigenvalue weighted by Crippen LogP contribution is 2.41. The summed E-state index contributed by atoms with van der Waals surface area (Å²) in [6.07, 6.45) is 2.18. The molecule has 0 saturated heterocycles. The van der Waals surface area contributed by atoms with Crippen molar-refractivity contribution in [3.05, 3.63) is 41.7 Å². The fourth-order valence-corrected chi connectivity index (χ4v) is 2.34. The molecular formula is C17H16FNO4. The van der Waals surface area contributed by atoms with Gasteiger partial charge in [0.25, 0.3) is 0 Å². The molecule has 1 aliphatic rings. The molecule has 1 fully saturated rings. The van der Waals surface area contributed by atoms with E-state index in [0.717, 1.165) is 25.0 Å². The van der Waals surface area contributed by atoms with Crippen LogP contribution in [0.15, 0.2) is 30.3 Å². The second-order valence-corrected chi connectivity index (χ2v) is 5.65. The lowest BCUT2D eigenvalue weighted by Crippen LogP contribution is -2.11. The molecule has 0 aromatic heterocycles. The quantitative estimate of drug-likeness (QED) is 0.790. The molecule has 120 valence electrons. The third-order valence-electron chi connectivity index (χ3n) is 3.76. The van der Waals surface area contributed by atoms with Gasteiger partial charge in [-0.2, -0.15) is 0 Å². The summed E-state index contributed by atoms with van der Waals surface area (Å²) in [6.45, 7) is 0.489. The number of aromatic hydroxyl groups is 2. The van der Waals surface area contributed by atoms with Gasteiger partial charge in [0, 0.05) is 23.3 Å². The molecular weight excluding hydrogens is 301 g/mol. The Morgan fingerprint density at radius 1 is 1.26 bits per heavy atom. The van der Waals surface area contributed by atoms with E-state index in [1.807, 2.05) is 0 Å². The largest absolute Gasteiger partial charge is 0.508 e.